The van der Waals surface area contributed by atoms with E-state index in [0.29, 0.717) is 29.4 Å². The van der Waals surface area contributed by atoms with Crippen molar-refractivity contribution in [2.24, 2.45) is 0 Å². The van der Waals surface area contributed by atoms with Gasteiger partial charge in [-0.3, -0.25) is 9.78 Å². The van der Waals surface area contributed by atoms with Crippen molar-refractivity contribution in [1.82, 2.24) is 9.97 Å². The summed E-state index contributed by atoms with van der Waals surface area (Å²) in [6.07, 6.45) is 5.16. The number of rotatable bonds is 5. The van der Waals surface area contributed by atoms with E-state index in [2.05, 4.69) is 20.6 Å². The standard InChI is InChI=1S/C19H16N4O3/c24-19(23-14-4-6-17-18(8-14)26-12-25-17)16-5-3-15(11-22-16)21-10-13-2-1-7-20-9-13/h1-9,11,21H,10,12H2,(H,23,24). The van der Waals surface area contributed by atoms with Gasteiger partial charge in [0.05, 0.1) is 11.9 Å². The number of ether oxygens (including phenoxy) is 2. The van der Waals surface area contributed by atoms with Crippen LogP contribution in [0.2, 0.25) is 0 Å². The largest absolute Gasteiger partial charge is 0.454 e. The number of hydrogen-bond donors (Lipinski definition) is 2. The molecule has 0 aliphatic carbocycles. The molecule has 0 fully saturated rings. The van der Waals surface area contributed by atoms with E-state index in [1.54, 1.807) is 42.9 Å². The summed E-state index contributed by atoms with van der Waals surface area (Å²) >= 11 is 0. The molecule has 0 spiro atoms. The molecule has 130 valence electrons. The third-order valence-corrected chi connectivity index (χ3v) is 3.85. The molecule has 0 unspecified atom stereocenters. The summed E-state index contributed by atoms with van der Waals surface area (Å²) < 4.78 is 10.6. The Kier molecular flexibility index (Phi) is 4.34. The maximum absolute atomic E-state index is 12.3. The maximum atomic E-state index is 12.3. The van der Waals surface area contributed by atoms with Gasteiger partial charge in [0.1, 0.15) is 5.69 Å². The van der Waals surface area contributed by atoms with Gasteiger partial charge >= 0.3 is 0 Å². The predicted molar refractivity (Wildman–Crippen MR) is 96.3 cm³/mol. The molecule has 0 saturated heterocycles. The van der Waals surface area contributed by atoms with Crippen LogP contribution in [0.25, 0.3) is 0 Å². The van der Waals surface area contributed by atoms with Gasteiger partial charge in [0.2, 0.25) is 6.79 Å². The summed E-state index contributed by atoms with van der Waals surface area (Å²) in [6.45, 7) is 0.833. The van der Waals surface area contributed by atoms with Crippen LogP contribution < -0.4 is 20.1 Å². The molecule has 0 atom stereocenters. The lowest BCUT2D eigenvalue weighted by Gasteiger charge is -2.08. The second-order valence-electron chi connectivity index (χ2n) is 5.67. The summed E-state index contributed by atoms with van der Waals surface area (Å²) in [5.74, 6) is 0.999. The Morgan fingerprint density at radius 2 is 1.92 bits per heavy atom. The van der Waals surface area contributed by atoms with E-state index in [1.807, 2.05) is 18.2 Å². The monoisotopic (exact) mass is 348 g/mol. The van der Waals surface area contributed by atoms with Crippen molar-refractivity contribution < 1.29 is 14.3 Å². The van der Waals surface area contributed by atoms with Crippen LogP contribution in [0.5, 0.6) is 11.5 Å². The Labute approximate surface area is 150 Å². The van der Waals surface area contributed by atoms with Gasteiger partial charge in [-0.15, -0.1) is 0 Å². The number of pyridine rings is 2. The Hall–Kier alpha value is -3.61. The summed E-state index contributed by atoms with van der Waals surface area (Å²) in [5.41, 5.74) is 2.85. The summed E-state index contributed by atoms with van der Waals surface area (Å²) in [6, 6.07) is 12.6. The third kappa shape index (κ3) is 3.56. The van der Waals surface area contributed by atoms with E-state index in [-0.39, 0.29) is 12.7 Å². The van der Waals surface area contributed by atoms with Gasteiger partial charge in [0.25, 0.3) is 5.91 Å². The number of nitrogens with one attached hydrogen (secondary N) is 2. The van der Waals surface area contributed by atoms with E-state index in [1.165, 1.54) is 0 Å². The molecule has 2 aromatic heterocycles. The van der Waals surface area contributed by atoms with Gasteiger partial charge < -0.3 is 20.1 Å². The van der Waals surface area contributed by atoms with Crippen molar-refractivity contribution in [3.05, 3.63) is 72.3 Å². The number of carbonyl (C=O) groups excluding carboxylic acids is 1. The van der Waals surface area contributed by atoms with Crippen molar-refractivity contribution in [3.63, 3.8) is 0 Å². The van der Waals surface area contributed by atoms with Crippen LogP contribution in [0.1, 0.15) is 16.1 Å². The summed E-state index contributed by atoms with van der Waals surface area (Å²) in [5, 5.41) is 6.04. The minimum absolute atomic E-state index is 0.196. The van der Waals surface area contributed by atoms with E-state index < -0.39 is 0 Å². The number of hydrogen-bond acceptors (Lipinski definition) is 6. The third-order valence-electron chi connectivity index (χ3n) is 3.85. The van der Waals surface area contributed by atoms with Crippen molar-refractivity contribution in [1.29, 1.82) is 0 Å². The number of fused-ring (bicyclic) bond motifs is 1. The molecular weight excluding hydrogens is 332 g/mol. The fourth-order valence-electron chi connectivity index (χ4n) is 2.51. The molecule has 1 amide bonds. The molecule has 3 aromatic rings. The Bertz CT molecular complexity index is 914. The molecule has 3 heterocycles. The number of amides is 1. The Morgan fingerprint density at radius 3 is 2.73 bits per heavy atom. The highest BCUT2D eigenvalue weighted by Gasteiger charge is 2.15. The number of aromatic nitrogens is 2. The molecule has 0 saturated carbocycles. The molecule has 0 radical (unpaired) electrons. The zero-order chi connectivity index (χ0) is 17.8. The van der Waals surface area contributed by atoms with Gasteiger partial charge in [-0.25, -0.2) is 4.98 Å². The highest BCUT2D eigenvalue weighted by molar-refractivity contribution is 6.03. The molecule has 1 aliphatic heterocycles. The first-order valence-corrected chi connectivity index (χ1v) is 8.08. The van der Waals surface area contributed by atoms with Crippen molar-refractivity contribution >= 4 is 17.3 Å². The van der Waals surface area contributed by atoms with Crippen LogP contribution in [0.4, 0.5) is 11.4 Å². The van der Waals surface area contributed by atoms with Crippen LogP contribution in [0, 0.1) is 0 Å². The van der Waals surface area contributed by atoms with E-state index in [0.717, 1.165) is 11.3 Å². The van der Waals surface area contributed by atoms with Crippen LogP contribution in [0.15, 0.2) is 61.1 Å². The van der Waals surface area contributed by atoms with Crippen LogP contribution in [-0.2, 0) is 6.54 Å². The van der Waals surface area contributed by atoms with Crippen LogP contribution in [-0.4, -0.2) is 22.7 Å². The fourth-order valence-corrected chi connectivity index (χ4v) is 2.51. The summed E-state index contributed by atoms with van der Waals surface area (Å²) in [4.78, 5) is 20.6. The molecular formula is C19H16N4O3. The molecule has 2 N–H and O–H groups in total. The molecule has 4 rings (SSSR count). The molecule has 1 aliphatic rings. The lowest BCUT2D eigenvalue weighted by atomic mass is 10.2. The molecule has 7 heteroatoms. The van der Waals surface area contributed by atoms with Gasteiger partial charge in [0, 0.05) is 30.7 Å². The lowest BCUT2D eigenvalue weighted by molar-refractivity contribution is 0.102. The van der Waals surface area contributed by atoms with Gasteiger partial charge in [-0.2, -0.15) is 0 Å². The van der Waals surface area contributed by atoms with Gasteiger partial charge in [-0.1, -0.05) is 6.07 Å². The van der Waals surface area contributed by atoms with Gasteiger partial charge in [-0.05, 0) is 35.9 Å². The minimum atomic E-state index is -0.289. The van der Waals surface area contributed by atoms with E-state index in [9.17, 15) is 4.79 Å². The van der Waals surface area contributed by atoms with E-state index >= 15 is 0 Å². The molecule has 26 heavy (non-hydrogen) atoms. The lowest BCUT2D eigenvalue weighted by Crippen LogP contribution is -2.13. The number of nitrogens with zero attached hydrogens (tertiary/aromatic N) is 2. The van der Waals surface area contributed by atoms with Gasteiger partial charge in [0.15, 0.2) is 11.5 Å². The average Bonchev–Trinajstić information content (AvgIpc) is 3.15. The minimum Gasteiger partial charge on any atom is -0.454 e. The number of carbonyl (C=O) groups is 1. The Morgan fingerprint density at radius 1 is 1.04 bits per heavy atom. The topological polar surface area (TPSA) is 85.4 Å². The predicted octanol–water partition coefficient (Wildman–Crippen LogP) is 3.07. The molecule has 0 bridgehead atoms. The Balaban J connectivity index is 1.37. The quantitative estimate of drug-likeness (QED) is 0.737. The van der Waals surface area contributed by atoms with Crippen LogP contribution in [0.3, 0.4) is 0 Å². The normalized spacial score (nSPS) is 11.8. The number of anilines is 2. The first kappa shape index (κ1) is 15.9. The van der Waals surface area contributed by atoms with Crippen molar-refractivity contribution in [2.75, 3.05) is 17.4 Å². The smallest absolute Gasteiger partial charge is 0.274 e. The SMILES string of the molecule is O=C(Nc1ccc2c(c1)OCO2)c1ccc(NCc2cccnc2)cn1. The summed E-state index contributed by atoms with van der Waals surface area (Å²) in [7, 11) is 0. The van der Waals surface area contributed by atoms with Crippen molar-refractivity contribution in [3.8, 4) is 11.5 Å². The first-order valence-electron chi connectivity index (χ1n) is 8.08. The number of benzene rings is 1. The second kappa shape index (κ2) is 7.10. The molecule has 7 nitrogen and oxygen atoms in total. The van der Waals surface area contributed by atoms with E-state index in [4.69, 9.17) is 9.47 Å². The average molecular weight is 348 g/mol. The van der Waals surface area contributed by atoms with Crippen LogP contribution >= 0.6 is 0 Å². The van der Waals surface area contributed by atoms with Crippen molar-refractivity contribution in [2.45, 2.75) is 6.54 Å². The first-order chi connectivity index (χ1) is 12.8. The highest BCUT2D eigenvalue weighted by Crippen LogP contribution is 2.34. The highest BCUT2D eigenvalue weighted by atomic mass is 16.7. The zero-order valence-corrected chi connectivity index (χ0v) is 13.8. The second-order valence-corrected chi connectivity index (χ2v) is 5.67. The maximum Gasteiger partial charge on any atom is 0.274 e. The fraction of sp³-hybridized carbons (Fsp3) is 0.105. The zero-order valence-electron chi connectivity index (χ0n) is 13.8. The molecule has 1 aromatic carbocycles.